The maximum absolute atomic E-state index is 11.2. The van der Waals surface area contributed by atoms with Gasteiger partial charge in [0.2, 0.25) is 0 Å². The van der Waals surface area contributed by atoms with Crippen molar-refractivity contribution in [2.75, 3.05) is 84.6 Å². The molecule has 133 heavy (non-hydrogen) atoms. The van der Waals surface area contributed by atoms with E-state index in [1.807, 2.05) is 135 Å². The summed E-state index contributed by atoms with van der Waals surface area (Å²) < 4.78 is 23.7. The first-order chi connectivity index (χ1) is 62.2. The number of nitro benzene ring substituents is 2. The number of nitrogens with two attached hydrogens (primary N) is 1. The molecule has 14 N–H and O–H groups in total. The van der Waals surface area contributed by atoms with Gasteiger partial charge in [-0.05, 0) is 119 Å². The standard InChI is InChI=1S/C13H17BN2O4.C13H19BN2O2.C13H18BNO4.C13H20BNO3.C13H18BNO2.C12H14N2O3.C7H7.C6H10BNO4.C3H8.CH3.Mg/c1-14(17)15-9-13(7-12(15)8-20-13)6-10-2-4-11(5-3-10)16(18)19;1-14(17)16-9-13(7-12(16)8-18-13)6-10-2-4-11(15)5-3-10;1-14(19)15-9-13(18,8-11(15)12(16)17)7-10-5-3-2-4-6-10;1-14(18)15-10-13(17,8-12(15)9-16)7-11-5-3-2-4-6-11;1-14(16)15-10-13(8-12(15)9-17-13)7-11-5-3-2-4-6-11;15-14(16)11-3-1-9(2-4-11)5-12-6-10(7-17-12)13-8-12;1-7-5-3-2-4-6-7;1-7(12)8-3-4(9)2-5(8)6(10)11;1-3-2;;/h2-5,12,17H,6-9H2,1H3;2-5,12,17H,6-9,15H2,1H3;2-6,11,18-19H,7-9H2,1H3,(H,16,17);2-6,12,16-18H,7-10H2,1H3;2-6,12,16H,7-10H2,1H3;1-4,10,13H,5-8H2;2-6H,1H2;5,12H,2-3H2,1H3,(H,10,11);3H2,1-2H3;1H3;/q;;;;;;-1;;;-1;+2/t2*12-,13-;;;12-,13-;10-,12-;;;;;/m00..00...../s1. The summed E-state index contributed by atoms with van der Waals surface area (Å²) in [7, 11) is -3.60. The van der Waals surface area contributed by atoms with E-state index in [1.165, 1.54) is 52.9 Å². The van der Waals surface area contributed by atoms with E-state index in [2.05, 4.69) is 76.9 Å². The van der Waals surface area contributed by atoms with Crippen LogP contribution >= 0.6 is 0 Å². The Labute approximate surface area is 801 Å². The first kappa shape index (κ1) is 110. The number of carbonyl (C=O) groups is 3. The maximum Gasteiger partial charge on any atom is 2.00 e. The topological polar surface area (TPSA) is 454 Å². The Balaban J connectivity index is 0.000000188. The minimum atomic E-state index is -1.11. The predicted octanol–water partition coefficient (Wildman–Crippen LogP) is 6.85. The van der Waals surface area contributed by atoms with Crippen molar-refractivity contribution in [2.24, 2.45) is 0 Å². The van der Waals surface area contributed by atoms with E-state index in [4.69, 9.17) is 39.9 Å². The van der Waals surface area contributed by atoms with Crippen molar-refractivity contribution in [2.45, 2.75) is 221 Å². The number of non-ortho nitro benzene ring substituents is 2. The predicted molar refractivity (Wildman–Crippen MR) is 520 cm³/mol. The third-order valence-corrected chi connectivity index (χ3v) is 26.0. The zero-order chi connectivity index (χ0) is 95.2. The molecule has 18 rings (SSSR count). The van der Waals surface area contributed by atoms with Gasteiger partial charge in [-0.3, -0.25) is 39.4 Å². The first-order valence-corrected chi connectivity index (χ1v) is 45.5. The molecule has 0 radical (unpaired) electrons. The molecule has 11 aliphatic heterocycles. The number of hydrogen-bond acceptors (Lipinski definition) is 28. The molecule has 0 spiro atoms. The number of aliphatic hydroxyl groups is 3. The summed E-state index contributed by atoms with van der Waals surface area (Å²) in [5, 5.41) is 131. The molecular formula is C94H134B6MgN10O22. The number of fused-ring (bicyclic) bond motifs is 8. The van der Waals surface area contributed by atoms with Crippen LogP contribution in [0.25, 0.3) is 0 Å². The summed E-state index contributed by atoms with van der Waals surface area (Å²) in [6.45, 7) is 24.8. The van der Waals surface area contributed by atoms with Crippen LogP contribution in [-0.4, -0.2) is 332 Å². The molecule has 11 heterocycles. The monoisotopic (exact) mass is 1850 g/mol. The van der Waals surface area contributed by atoms with Crippen LogP contribution in [0.2, 0.25) is 40.9 Å². The summed E-state index contributed by atoms with van der Waals surface area (Å²) in [6.07, 6.45) is 10.2. The third kappa shape index (κ3) is 31.2. The largest absolute Gasteiger partial charge is 2.00 e. The number of anilines is 1. The molecule has 32 nitrogen and oxygen atoms in total. The van der Waals surface area contributed by atoms with Crippen LogP contribution in [0.15, 0.2) is 194 Å². The van der Waals surface area contributed by atoms with Gasteiger partial charge in [-0.15, -0.1) is 12.1 Å². The molecule has 39 heteroatoms. The van der Waals surface area contributed by atoms with Gasteiger partial charge in [0.25, 0.3) is 11.4 Å². The normalized spacial score (nSPS) is 27.1. The van der Waals surface area contributed by atoms with Gasteiger partial charge < -0.3 is 117 Å². The number of carboxylic acid groups (broad SMARTS) is 2. The molecule has 8 bridgehead atoms. The molecule has 0 amide bonds. The van der Waals surface area contributed by atoms with E-state index in [0.29, 0.717) is 57.1 Å². The number of carbonyl (C=O) groups excluding carboxylic acids is 1. The second-order valence-corrected chi connectivity index (χ2v) is 37.1. The first-order valence-electron chi connectivity index (χ1n) is 45.5. The number of nitro groups is 2. The average molecular weight is 1850 g/mol. The zero-order valence-electron chi connectivity index (χ0n) is 78.3. The number of rotatable bonds is 23. The van der Waals surface area contributed by atoms with Crippen molar-refractivity contribution in [1.82, 2.24) is 34.2 Å². The van der Waals surface area contributed by atoms with Crippen molar-refractivity contribution in [1.29, 1.82) is 0 Å². The number of hydrogen-bond donors (Lipinski definition) is 13. The Morgan fingerprint density at radius 3 is 1.05 bits per heavy atom. The number of ether oxygens (including phenoxy) is 4. The van der Waals surface area contributed by atoms with Crippen molar-refractivity contribution in [3.8, 4) is 0 Å². The van der Waals surface area contributed by atoms with Gasteiger partial charge in [0.05, 0.1) is 76.5 Å². The fraction of sp³-hybridized carbons (Fsp3) is 0.500. The van der Waals surface area contributed by atoms with Gasteiger partial charge in [0.1, 0.15) is 17.9 Å². The Morgan fingerprint density at radius 1 is 0.451 bits per heavy atom. The molecule has 11 fully saturated rings. The number of benzene rings is 7. The van der Waals surface area contributed by atoms with Gasteiger partial charge in [0, 0.05) is 157 Å². The average Bonchev–Trinajstić information content (AvgIpc) is 1.61. The number of β-amino-alcohol motifs (C(OH)–C–C–N with tert-alkyl or cyclic N) is 2. The number of nitrogens with one attached hydrogen (secondary N) is 1. The number of nitrogens with zero attached hydrogens (tertiary/aromatic N) is 8. The molecule has 0 aliphatic carbocycles. The molecule has 11 aliphatic rings. The van der Waals surface area contributed by atoms with Gasteiger partial charge in [0.15, 0.2) is 0 Å². The van der Waals surface area contributed by atoms with Gasteiger partial charge in [-0.1, -0.05) is 154 Å². The number of morpholine rings is 4. The van der Waals surface area contributed by atoms with Crippen molar-refractivity contribution < 1.29 is 98.9 Å². The number of ketones is 1. The number of carboxylic acids is 2. The zero-order valence-corrected chi connectivity index (χ0v) is 79.8. The Morgan fingerprint density at radius 2 is 0.774 bits per heavy atom. The second kappa shape index (κ2) is 50.3. The molecule has 0 aromatic heterocycles. The van der Waals surface area contributed by atoms with Crippen LogP contribution in [-0.2, 0) is 71.9 Å². The molecule has 7 aromatic rings. The molecule has 0 saturated carbocycles. The summed E-state index contributed by atoms with van der Waals surface area (Å²) in [5.41, 5.74) is 12.0. The van der Waals surface area contributed by atoms with Crippen LogP contribution < -0.4 is 11.1 Å². The van der Waals surface area contributed by atoms with Crippen molar-refractivity contribution >= 4 is 100 Å². The summed E-state index contributed by atoms with van der Waals surface area (Å²) in [6, 6.07) is 60.7. The fourth-order valence-electron chi connectivity index (χ4n) is 19.8. The van der Waals surface area contributed by atoms with Gasteiger partial charge in [-0.25, -0.2) is 0 Å². The van der Waals surface area contributed by atoms with Gasteiger partial charge >= 0.3 is 77.3 Å². The SMILES string of the molecule is CB(O)N1CC(=O)CC1C(=O)O.CB(O)N1CC(O)(Cc2ccccc2)CC1C(=O)O.CB(O)N1CC(O)(Cc2ccccc2)CC1CO.CB(O)N1C[C@]2(Cc3ccc(N)cc3)C[C@H]1CO2.CB(O)N1C[C@]2(Cc3ccc([N+](=O)[O-])cc3)C[C@H]1CO2.CB(O)N1C[C@]2(Cc3ccccc3)C[C@H]1CO2.CCC.O=[N+]([O-])c1ccc(C[C@]23CN[C@H](CO2)C3)cc1.[CH2-]c1ccccc1.[CH3-].[Mg+2]. The number of aliphatic carboxylic acids is 2. The number of aliphatic hydroxyl groups excluding tert-OH is 1. The molecule has 5 unspecified atom stereocenters. The van der Waals surface area contributed by atoms with Crippen LogP contribution in [0.4, 0.5) is 17.1 Å². The van der Waals surface area contributed by atoms with E-state index in [1.54, 1.807) is 42.7 Å². The fourth-order valence-corrected chi connectivity index (χ4v) is 19.8. The van der Waals surface area contributed by atoms with E-state index in [9.17, 15) is 75.1 Å². The molecule has 7 aromatic carbocycles. The summed E-state index contributed by atoms with van der Waals surface area (Å²) in [5.74, 6) is -2.20. The van der Waals surface area contributed by atoms with Gasteiger partial charge in [-0.2, -0.15) is 24.6 Å². The van der Waals surface area contributed by atoms with E-state index >= 15 is 0 Å². The van der Waals surface area contributed by atoms with Crippen LogP contribution in [0.1, 0.15) is 104 Å². The molecule has 13 atom stereocenters. The van der Waals surface area contributed by atoms with Crippen LogP contribution in [0, 0.1) is 34.6 Å². The summed E-state index contributed by atoms with van der Waals surface area (Å²) >= 11 is 0. The third-order valence-electron chi connectivity index (χ3n) is 26.0. The maximum atomic E-state index is 11.2. The Kier molecular flexibility index (Phi) is 41.7. The number of nitrogen functional groups attached to an aromatic ring is 1. The minimum Gasteiger partial charge on any atom is -0.480 e. The number of Topliss-reactive ketones (excluding diaryl/α,β-unsaturated/α-hetero) is 1. The quantitative estimate of drug-likeness (QED) is 0.0102. The minimum absolute atomic E-state index is 0. The Bertz CT molecular complexity index is 4750. The van der Waals surface area contributed by atoms with E-state index in [0.717, 1.165) is 124 Å². The van der Waals surface area contributed by atoms with E-state index in [-0.39, 0.29) is 134 Å². The van der Waals surface area contributed by atoms with E-state index < -0.39 is 68.3 Å². The molecule has 712 valence electrons. The Hall–Kier alpha value is -8.02. The molecule has 11 saturated heterocycles. The van der Waals surface area contributed by atoms with Crippen molar-refractivity contribution in [3.63, 3.8) is 0 Å². The molecular weight excluding hydrogens is 1710 g/mol. The van der Waals surface area contributed by atoms with Crippen LogP contribution in [0.5, 0.6) is 0 Å². The summed E-state index contributed by atoms with van der Waals surface area (Å²) in [4.78, 5) is 63.8. The second-order valence-electron chi connectivity index (χ2n) is 37.1. The van der Waals surface area contributed by atoms with Crippen molar-refractivity contribution in [3.05, 3.63) is 268 Å². The smallest absolute Gasteiger partial charge is 0.480 e. The van der Waals surface area contributed by atoms with Crippen LogP contribution in [0.3, 0.4) is 0 Å².